The second-order valence-corrected chi connectivity index (χ2v) is 8.78. The van der Waals surface area contributed by atoms with E-state index < -0.39 is 0 Å². The van der Waals surface area contributed by atoms with Gasteiger partial charge in [0, 0.05) is 11.8 Å². The minimum atomic E-state index is 1.00. The molecule has 0 saturated carbocycles. The lowest BCUT2D eigenvalue weighted by atomic mass is 9.87. The molecule has 158 valence electrons. The first-order valence-electron chi connectivity index (χ1n) is 11.7. The van der Waals surface area contributed by atoms with Gasteiger partial charge in [0.25, 0.3) is 0 Å². The largest absolute Gasteiger partial charge is 0.256 e. The average Bonchev–Trinajstić information content (AvgIpc) is 2.92. The van der Waals surface area contributed by atoms with Gasteiger partial charge in [0.05, 0.1) is 5.69 Å². The van der Waals surface area contributed by atoms with Crippen LogP contribution in [0.5, 0.6) is 0 Å². The molecule has 34 heavy (non-hydrogen) atoms. The molecule has 0 spiro atoms. The molecule has 0 saturated heterocycles. The Kier molecular flexibility index (Phi) is 4.22. The molecule has 7 rings (SSSR count). The summed E-state index contributed by atoms with van der Waals surface area (Å²) in [6.45, 7) is 0. The molecule has 0 aliphatic carbocycles. The number of benzene rings is 6. The van der Waals surface area contributed by atoms with Crippen LogP contribution in [0.25, 0.3) is 65.5 Å². The lowest BCUT2D eigenvalue weighted by Crippen LogP contribution is -1.90. The number of fused-ring (bicyclic) bond motifs is 6. The van der Waals surface area contributed by atoms with Crippen LogP contribution in [0.3, 0.4) is 0 Å². The zero-order valence-corrected chi connectivity index (χ0v) is 18.6. The zero-order chi connectivity index (χ0) is 22.5. The number of nitrogens with zero attached hydrogens (tertiary/aromatic N) is 1. The highest BCUT2D eigenvalue weighted by molar-refractivity contribution is 6.26. The van der Waals surface area contributed by atoms with Crippen LogP contribution >= 0.6 is 0 Å². The third-order valence-electron chi connectivity index (χ3n) is 6.88. The Bertz CT molecular complexity index is 1840. The number of hydrogen-bond acceptors (Lipinski definition) is 1. The van der Waals surface area contributed by atoms with Crippen molar-refractivity contribution < 1.29 is 0 Å². The van der Waals surface area contributed by atoms with Gasteiger partial charge >= 0.3 is 0 Å². The molecule has 0 fully saturated rings. The van der Waals surface area contributed by atoms with Crippen LogP contribution in [0, 0.1) is 0 Å². The Morgan fingerprint density at radius 1 is 0.382 bits per heavy atom. The maximum Gasteiger partial charge on any atom is 0.0708 e. The predicted octanol–water partition coefficient (Wildman–Crippen LogP) is 9.03. The third kappa shape index (κ3) is 2.84. The van der Waals surface area contributed by atoms with E-state index in [1.165, 1.54) is 59.8 Å². The van der Waals surface area contributed by atoms with Crippen LogP contribution < -0.4 is 0 Å². The van der Waals surface area contributed by atoms with E-state index in [-0.39, 0.29) is 0 Å². The molecule has 1 heterocycles. The first kappa shape index (κ1) is 19.0. The molecule has 1 nitrogen and oxygen atoms in total. The Labute approximate surface area is 197 Å². The van der Waals surface area contributed by atoms with Crippen LogP contribution in [-0.2, 0) is 0 Å². The molecule has 0 atom stereocenters. The van der Waals surface area contributed by atoms with E-state index in [0.29, 0.717) is 0 Å². The van der Waals surface area contributed by atoms with Crippen molar-refractivity contribution in [2.24, 2.45) is 0 Å². The van der Waals surface area contributed by atoms with Gasteiger partial charge in [-0.1, -0.05) is 97.1 Å². The molecule has 1 heteroatoms. The first-order valence-corrected chi connectivity index (χ1v) is 11.7. The highest BCUT2D eigenvalue weighted by Gasteiger charge is 2.15. The summed E-state index contributed by atoms with van der Waals surface area (Å²) in [6.07, 6.45) is 1.87. The monoisotopic (exact) mass is 431 g/mol. The van der Waals surface area contributed by atoms with E-state index in [1.807, 2.05) is 12.3 Å². The minimum Gasteiger partial charge on any atom is -0.256 e. The number of pyridine rings is 1. The van der Waals surface area contributed by atoms with Crippen molar-refractivity contribution in [3.05, 3.63) is 128 Å². The predicted molar refractivity (Wildman–Crippen MR) is 145 cm³/mol. The van der Waals surface area contributed by atoms with Crippen LogP contribution in [0.4, 0.5) is 0 Å². The molecule has 0 bridgehead atoms. The van der Waals surface area contributed by atoms with Crippen LogP contribution in [0.15, 0.2) is 128 Å². The second-order valence-electron chi connectivity index (χ2n) is 8.78. The Hall–Kier alpha value is -4.49. The lowest BCUT2D eigenvalue weighted by Gasteiger charge is -2.16. The van der Waals surface area contributed by atoms with Gasteiger partial charge in [-0.05, 0) is 78.5 Å². The average molecular weight is 432 g/mol. The van der Waals surface area contributed by atoms with Gasteiger partial charge in [-0.3, -0.25) is 4.98 Å². The molecule has 0 N–H and O–H groups in total. The van der Waals surface area contributed by atoms with Crippen LogP contribution in [0.1, 0.15) is 0 Å². The van der Waals surface area contributed by atoms with Crippen LogP contribution in [-0.4, -0.2) is 4.98 Å². The summed E-state index contributed by atoms with van der Waals surface area (Å²) in [7, 11) is 0. The van der Waals surface area contributed by atoms with Crippen molar-refractivity contribution >= 4 is 43.1 Å². The summed E-state index contributed by atoms with van der Waals surface area (Å²) >= 11 is 0. The van der Waals surface area contributed by atoms with Crippen molar-refractivity contribution in [1.82, 2.24) is 4.98 Å². The van der Waals surface area contributed by atoms with Crippen molar-refractivity contribution in [2.45, 2.75) is 0 Å². The van der Waals surface area contributed by atoms with Gasteiger partial charge in [0.1, 0.15) is 0 Å². The molecule has 1 aromatic heterocycles. The van der Waals surface area contributed by atoms with E-state index in [1.54, 1.807) is 0 Å². The Morgan fingerprint density at radius 2 is 0.971 bits per heavy atom. The summed E-state index contributed by atoms with van der Waals surface area (Å²) < 4.78 is 0. The summed E-state index contributed by atoms with van der Waals surface area (Å²) in [4.78, 5) is 4.69. The van der Waals surface area contributed by atoms with Gasteiger partial charge in [-0.25, -0.2) is 0 Å². The topological polar surface area (TPSA) is 12.9 Å². The Morgan fingerprint density at radius 3 is 1.71 bits per heavy atom. The molecule has 0 aliphatic rings. The fourth-order valence-electron chi connectivity index (χ4n) is 5.40. The Balaban J connectivity index is 1.67. The van der Waals surface area contributed by atoms with Crippen molar-refractivity contribution in [1.29, 1.82) is 0 Å². The number of rotatable bonds is 2. The molecule has 0 unspecified atom stereocenters. The van der Waals surface area contributed by atoms with Gasteiger partial charge in [-0.2, -0.15) is 0 Å². The quantitative estimate of drug-likeness (QED) is 0.249. The van der Waals surface area contributed by atoms with E-state index in [9.17, 15) is 0 Å². The fourth-order valence-corrected chi connectivity index (χ4v) is 5.40. The first-order chi connectivity index (χ1) is 16.9. The number of hydrogen-bond donors (Lipinski definition) is 0. The lowest BCUT2D eigenvalue weighted by molar-refractivity contribution is 1.33. The van der Waals surface area contributed by atoms with E-state index in [2.05, 4.69) is 120 Å². The molecule has 0 radical (unpaired) electrons. The van der Waals surface area contributed by atoms with E-state index in [0.717, 1.165) is 5.69 Å². The van der Waals surface area contributed by atoms with Crippen molar-refractivity contribution in [3.8, 4) is 22.4 Å². The SMILES string of the molecule is c1ccc(-c2cc3cc(-c4cccc5ccccc45)c4ccccc4c3c3ccccc23)nc1. The van der Waals surface area contributed by atoms with Crippen molar-refractivity contribution in [2.75, 3.05) is 0 Å². The third-order valence-corrected chi connectivity index (χ3v) is 6.88. The highest BCUT2D eigenvalue weighted by atomic mass is 14.7. The van der Waals surface area contributed by atoms with Gasteiger partial charge < -0.3 is 0 Å². The number of aromatic nitrogens is 1. The molecule has 0 amide bonds. The van der Waals surface area contributed by atoms with Gasteiger partial charge in [0.2, 0.25) is 0 Å². The van der Waals surface area contributed by atoms with Gasteiger partial charge in [0.15, 0.2) is 0 Å². The second kappa shape index (κ2) is 7.54. The van der Waals surface area contributed by atoms with E-state index in [4.69, 9.17) is 0 Å². The standard InChI is InChI=1S/C33H21N/c1-2-12-24-22(10-1)11-9-17-25(24)30-20-23-21-31(32-18-7-8-19-34-32)27-14-4-6-16-29(27)33(23)28-15-5-3-13-26(28)30/h1-21H. The van der Waals surface area contributed by atoms with Crippen LogP contribution in [0.2, 0.25) is 0 Å². The molecule has 7 aromatic rings. The fraction of sp³-hybridized carbons (Fsp3) is 0. The maximum atomic E-state index is 4.69. The minimum absolute atomic E-state index is 1.00. The van der Waals surface area contributed by atoms with E-state index >= 15 is 0 Å². The summed E-state index contributed by atoms with van der Waals surface area (Å²) in [5.74, 6) is 0. The molecule has 0 aliphatic heterocycles. The molecule has 6 aromatic carbocycles. The summed E-state index contributed by atoms with van der Waals surface area (Å²) in [5.41, 5.74) is 4.70. The molecular weight excluding hydrogens is 410 g/mol. The molecular formula is C33H21N. The van der Waals surface area contributed by atoms with Crippen molar-refractivity contribution in [3.63, 3.8) is 0 Å². The summed E-state index contributed by atoms with van der Waals surface area (Å²) in [5, 5.41) is 10.1. The highest BCUT2D eigenvalue weighted by Crippen LogP contribution is 2.42. The normalized spacial score (nSPS) is 11.5. The maximum absolute atomic E-state index is 4.69. The zero-order valence-electron chi connectivity index (χ0n) is 18.6. The smallest absolute Gasteiger partial charge is 0.0708 e. The summed E-state index contributed by atoms with van der Waals surface area (Å²) in [6, 6.07) is 43.6. The van der Waals surface area contributed by atoms with Gasteiger partial charge in [-0.15, -0.1) is 0 Å².